The molecule has 0 radical (unpaired) electrons. The Morgan fingerprint density at radius 1 is 1.42 bits per heavy atom. The number of likely N-dealkylation sites (N-methyl/N-ethyl adjacent to an activating group) is 1. The van der Waals surface area contributed by atoms with Crippen LogP contribution in [-0.2, 0) is 16.0 Å². The third kappa shape index (κ3) is 5.27. The number of benzene rings is 1. The molecule has 1 heterocycles. The van der Waals surface area contributed by atoms with Crippen molar-refractivity contribution in [2.24, 2.45) is 0 Å². The van der Waals surface area contributed by atoms with Crippen LogP contribution in [0.3, 0.4) is 0 Å². The van der Waals surface area contributed by atoms with Crippen LogP contribution in [0.5, 0.6) is 0 Å². The Labute approximate surface area is 156 Å². The summed E-state index contributed by atoms with van der Waals surface area (Å²) in [6.07, 6.45) is 0.829. The van der Waals surface area contributed by atoms with Gasteiger partial charge in [-0.25, -0.2) is 0 Å². The van der Waals surface area contributed by atoms with E-state index in [2.05, 4.69) is 60.7 Å². The van der Waals surface area contributed by atoms with Crippen LogP contribution in [0.1, 0.15) is 37.9 Å². The summed E-state index contributed by atoms with van der Waals surface area (Å²) in [7, 11) is 2.06. The van der Waals surface area contributed by atoms with E-state index in [0.29, 0.717) is 26.3 Å². The average Bonchev–Trinajstić information content (AvgIpc) is 2.63. The van der Waals surface area contributed by atoms with Gasteiger partial charge in [0, 0.05) is 32.1 Å². The van der Waals surface area contributed by atoms with E-state index in [1.165, 1.54) is 18.1 Å². The monoisotopic (exact) mass is 363 g/mol. The van der Waals surface area contributed by atoms with E-state index in [1.54, 1.807) is 0 Å². The lowest BCUT2D eigenvalue weighted by atomic mass is 9.95. The second-order valence-corrected chi connectivity index (χ2v) is 7.43. The molecule has 1 amide bonds. The van der Waals surface area contributed by atoms with Gasteiger partial charge >= 0.3 is 0 Å². The second kappa shape index (κ2) is 9.46. The van der Waals surface area contributed by atoms with Crippen molar-refractivity contribution in [3.05, 3.63) is 35.4 Å². The van der Waals surface area contributed by atoms with Gasteiger partial charge in [0.05, 0.1) is 25.4 Å². The normalized spacial score (nSPS) is 25.0. The molecule has 3 atom stereocenters. The van der Waals surface area contributed by atoms with Crippen molar-refractivity contribution in [2.45, 2.75) is 44.8 Å². The Morgan fingerprint density at radius 3 is 2.73 bits per heavy atom. The molecule has 0 spiro atoms. The zero-order valence-electron chi connectivity index (χ0n) is 16.4. The van der Waals surface area contributed by atoms with Crippen molar-refractivity contribution < 1.29 is 14.6 Å². The Bertz CT molecular complexity index is 578. The van der Waals surface area contributed by atoms with Gasteiger partial charge in [-0.2, -0.15) is 0 Å². The summed E-state index contributed by atoms with van der Waals surface area (Å²) < 4.78 is 5.70. The minimum Gasteiger partial charge on any atom is -0.394 e. The van der Waals surface area contributed by atoms with E-state index in [9.17, 15) is 9.90 Å². The first kappa shape index (κ1) is 20.8. The maximum atomic E-state index is 10.9. The molecular weight excluding hydrogens is 330 g/mol. The van der Waals surface area contributed by atoms with Gasteiger partial charge in [-0.3, -0.25) is 9.69 Å². The third-order valence-corrected chi connectivity index (χ3v) is 5.44. The highest BCUT2D eigenvalue weighted by atomic mass is 16.5. The molecule has 146 valence electrons. The number of aliphatic hydroxyl groups excluding tert-OH is 1. The minimum atomic E-state index is -0.385. The SMILES string of the molecule is CC(=O)NCCc1ccc(C(C)NC[C@]2(CO)COC[C@@H](C)N2C)cc1. The second-order valence-electron chi connectivity index (χ2n) is 7.43. The number of carbonyl (C=O) groups excluding carboxylic acids is 1. The molecule has 1 aromatic rings. The van der Waals surface area contributed by atoms with Gasteiger partial charge in [0.1, 0.15) is 0 Å². The van der Waals surface area contributed by atoms with Crippen LogP contribution >= 0.6 is 0 Å². The van der Waals surface area contributed by atoms with Crippen LogP contribution in [0.25, 0.3) is 0 Å². The quantitative estimate of drug-likeness (QED) is 0.645. The fourth-order valence-corrected chi connectivity index (χ4v) is 3.31. The number of nitrogens with zero attached hydrogens (tertiary/aromatic N) is 1. The van der Waals surface area contributed by atoms with Gasteiger partial charge in [-0.05, 0) is 38.4 Å². The van der Waals surface area contributed by atoms with E-state index in [1.807, 2.05) is 0 Å². The van der Waals surface area contributed by atoms with Crippen molar-refractivity contribution in [1.29, 1.82) is 0 Å². The molecular formula is C20H33N3O3. The smallest absolute Gasteiger partial charge is 0.216 e. The van der Waals surface area contributed by atoms with Gasteiger partial charge in [0.2, 0.25) is 5.91 Å². The number of hydrogen-bond acceptors (Lipinski definition) is 5. The lowest BCUT2D eigenvalue weighted by Crippen LogP contribution is -2.65. The third-order valence-electron chi connectivity index (χ3n) is 5.44. The Morgan fingerprint density at radius 2 is 2.12 bits per heavy atom. The largest absolute Gasteiger partial charge is 0.394 e. The Balaban J connectivity index is 1.90. The Hall–Kier alpha value is -1.47. The lowest BCUT2D eigenvalue weighted by Gasteiger charge is -2.47. The molecule has 1 unspecified atom stereocenters. The fourth-order valence-electron chi connectivity index (χ4n) is 3.31. The van der Waals surface area contributed by atoms with Gasteiger partial charge in [0.15, 0.2) is 0 Å². The maximum Gasteiger partial charge on any atom is 0.216 e. The van der Waals surface area contributed by atoms with Crippen LogP contribution < -0.4 is 10.6 Å². The van der Waals surface area contributed by atoms with E-state index in [-0.39, 0.29) is 30.1 Å². The van der Waals surface area contributed by atoms with E-state index in [4.69, 9.17) is 4.74 Å². The van der Waals surface area contributed by atoms with E-state index in [0.717, 1.165) is 6.42 Å². The standard InChI is InChI=1S/C20H33N3O3/c1-15-11-26-14-20(13-24,23(15)4)12-22-16(2)19-7-5-18(6-8-19)9-10-21-17(3)25/h5-8,15-16,22,24H,9-14H2,1-4H3,(H,21,25)/t15-,16?,20+/m1/s1. The first-order valence-corrected chi connectivity index (χ1v) is 9.36. The molecule has 26 heavy (non-hydrogen) atoms. The van der Waals surface area contributed by atoms with Crippen molar-refractivity contribution in [1.82, 2.24) is 15.5 Å². The molecule has 0 aliphatic carbocycles. The number of ether oxygens (including phenoxy) is 1. The minimum absolute atomic E-state index is 0.00299. The summed E-state index contributed by atoms with van der Waals surface area (Å²) in [6.45, 7) is 8.40. The van der Waals surface area contributed by atoms with Crippen LogP contribution in [-0.4, -0.2) is 67.5 Å². The topological polar surface area (TPSA) is 73.8 Å². The van der Waals surface area contributed by atoms with Crippen molar-refractivity contribution in [3.8, 4) is 0 Å². The molecule has 1 saturated heterocycles. The van der Waals surface area contributed by atoms with Crippen molar-refractivity contribution in [3.63, 3.8) is 0 Å². The van der Waals surface area contributed by atoms with Crippen LogP contribution in [0.2, 0.25) is 0 Å². The Kier molecular flexibility index (Phi) is 7.58. The highest BCUT2D eigenvalue weighted by molar-refractivity contribution is 5.72. The van der Waals surface area contributed by atoms with Crippen LogP contribution in [0.15, 0.2) is 24.3 Å². The van der Waals surface area contributed by atoms with Crippen molar-refractivity contribution >= 4 is 5.91 Å². The highest BCUT2D eigenvalue weighted by Gasteiger charge is 2.40. The number of morpholine rings is 1. The first-order valence-electron chi connectivity index (χ1n) is 9.36. The zero-order chi connectivity index (χ0) is 19.2. The number of rotatable bonds is 8. The molecule has 3 N–H and O–H groups in total. The molecule has 6 nitrogen and oxygen atoms in total. The van der Waals surface area contributed by atoms with Crippen molar-refractivity contribution in [2.75, 3.05) is 40.0 Å². The predicted molar refractivity (Wildman–Crippen MR) is 103 cm³/mol. The van der Waals surface area contributed by atoms with Gasteiger partial charge < -0.3 is 20.5 Å². The average molecular weight is 364 g/mol. The summed E-state index contributed by atoms with van der Waals surface area (Å²) in [5.74, 6) is 0.00299. The first-order chi connectivity index (χ1) is 12.4. The number of carbonyl (C=O) groups is 1. The summed E-state index contributed by atoms with van der Waals surface area (Å²) >= 11 is 0. The van der Waals surface area contributed by atoms with Gasteiger partial charge in [-0.1, -0.05) is 24.3 Å². The fraction of sp³-hybridized carbons (Fsp3) is 0.650. The van der Waals surface area contributed by atoms with Crippen LogP contribution in [0.4, 0.5) is 0 Å². The summed E-state index contributed by atoms with van der Waals surface area (Å²) in [4.78, 5) is 13.1. The summed E-state index contributed by atoms with van der Waals surface area (Å²) in [5.41, 5.74) is 2.02. The zero-order valence-corrected chi connectivity index (χ0v) is 16.4. The van der Waals surface area contributed by atoms with Gasteiger partial charge in [-0.15, -0.1) is 0 Å². The number of hydrogen-bond donors (Lipinski definition) is 3. The molecule has 0 bridgehead atoms. The molecule has 0 saturated carbocycles. The lowest BCUT2D eigenvalue weighted by molar-refractivity contribution is -0.118. The number of amides is 1. The summed E-state index contributed by atoms with van der Waals surface area (Å²) in [6, 6.07) is 8.92. The van der Waals surface area contributed by atoms with Crippen LogP contribution in [0, 0.1) is 0 Å². The number of aliphatic hydroxyl groups is 1. The molecule has 2 rings (SSSR count). The molecule has 1 aliphatic rings. The predicted octanol–water partition coefficient (Wildman–Crippen LogP) is 1.10. The summed E-state index contributed by atoms with van der Waals surface area (Å²) in [5, 5.41) is 16.3. The number of nitrogens with one attached hydrogen (secondary N) is 2. The van der Waals surface area contributed by atoms with Gasteiger partial charge in [0.25, 0.3) is 0 Å². The maximum absolute atomic E-state index is 10.9. The molecule has 1 fully saturated rings. The molecule has 1 aliphatic heterocycles. The molecule has 0 aromatic heterocycles. The van der Waals surface area contributed by atoms with E-state index >= 15 is 0 Å². The van der Waals surface area contributed by atoms with E-state index < -0.39 is 0 Å². The molecule has 6 heteroatoms. The highest BCUT2D eigenvalue weighted by Crippen LogP contribution is 2.23. The molecule has 1 aromatic carbocycles.